The molecule has 1 heterocycles. The maximum Gasteiger partial charge on any atom is 0.170 e. The summed E-state index contributed by atoms with van der Waals surface area (Å²) in [5.41, 5.74) is 1.77. The average Bonchev–Trinajstić information content (AvgIpc) is 2.80. The lowest BCUT2D eigenvalue weighted by Gasteiger charge is -2.36. The van der Waals surface area contributed by atoms with Crippen molar-refractivity contribution in [3.63, 3.8) is 0 Å². The minimum atomic E-state index is -0.947. The van der Waals surface area contributed by atoms with Gasteiger partial charge in [0.15, 0.2) is 9.04 Å². The molecule has 2 nitrogen and oxygen atoms in total. The zero-order valence-electron chi connectivity index (χ0n) is 14.3. The van der Waals surface area contributed by atoms with Crippen molar-refractivity contribution < 1.29 is 4.43 Å². The van der Waals surface area contributed by atoms with Crippen molar-refractivity contribution in [3.8, 4) is 0 Å². The summed E-state index contributed by atoms with van der Waals surface area (Å²) < 4.78 is 6.12. The van der Waals surface area contributed by atoms with Gasteiger partial charge in [-0.3, -0.25) is 4.90 Å². The maximum absolute atomic E-state index is 6.12. The lowest BCUT2D eigenvalue weighted by atomic mass is 9.76. The standard InChI is InChI=1S/C18H31NOSi/c1-18(2,3)16-11-12-19(17(16)14-20-21(4)5)13-15-9-7-6-8-10-15/h6-10,16-17,21H,11-14H2,1-5H3. The molecule has 0 saturated carbocycles. The maximum atomic E-state index is 6.12. The van der Waals surface area contributed by atoms with Crippen LogP contribution in [0.1, 0.15) is 32.8 Å². The van der Waals surface area contributed by atoms with Crippen LogP contribution in [-0.4, -0.2) is 33.1 Å². The van der Waals surface area contributed by atoms with E-state index >= 15 is 0 Å². The number of likely N-dealkylation sites (tertiary alicyclic amines) is 1. The highest BCUT2D eigenvalue weighted by Crippen LogP contribution is 2.39. The van der Waals surface area contributed by atoms with Crippen LogP contribution >= 0.6 is 0 Å². The molecule has 1 fully saturated rings. The fourth-order valence-electron chi connectivity index (χ4n) is 3.45. The molecule has 0 radical (unpaired) electrons. The molecule has 0 aliphatic carbocycles. The Labute approximate surface area is 132 Å². The second-order valence-corrected chi connectivity index (χ2v) is 10.1. The van der Waals surface area contributed by atoms with Gasteiger partial charge in [0.05, 0.1) is 0 Å². The van der Waals surface area contributed by atoms with Gasteiger partial charge in [-0.05, 0) is 43.0 Å². The number of hydrogen-bond acceptors (Lipinski definition) is 2. The summed E-state index contributed by atoms with van der Waals surface area (Å²) in [6.07, 6.45) is 1.30. The topological polar surface area (TPSA) is 12.5 Å². The predicted octanol–water partition coefficient (Wildman–Crippen LogP) is 3.92. The molecule has 1 saturated heterocycles. The summed E-state index contributed by atoms with van der Waals surface area (Å²) in [5.74, 6) is 0.731. The Bertz CT molecular complexity index is 427. The molecule has 1 aliphatic rings. The van der Waals surface area contributed by atoms with E-state index in [4.69, 9.17) is 4.43 Å². The largest absolute Gasteiger partial charge is 0.419 e. The van der Waals surface area contributed by atoms with Gasteiger partial charge in [-0.2, -0.15) is 0 Å². The molecule has 0 spiro atoms. The van der Waals surface area contributed by atoms with Crippen LogP contribution in [0.2, 0.25) is 13.1 Å². The molecule has 118 valence electrons. The highest BCUT2D eigenvalue weighted by Gasteiger charge is 2.40. The van der Waals surface area contributed by atoms with E-state index in [0.29, 0.717) is 11.5 Å². The van der Waals surface area contributed by atoms with Crippen molar-refractivity contribution in [2.24, 2.45) is 11.3 Å². The van der Waals surface area contributed by atoms with Gasteiger partial charge in [-0.25, -0.2) is 0 Å². The van der Waals surface area contributed by atoms with Gasteiger partial charge in [-0.1, -0.05) is 51.1 Å². The van der Waals surface area contributed by atoms with Gasteiger partial charge < -0.3 is 4.43 Å². The molecule has 3 heteroatoms. The Kier molecular flexibility index (Phi) is 5.64. The lowest BCUT2D eigenvalue weighted by molar-refractivity contribution is 0.0981. The SMILES string of the molecule is C[SiH](C)OCC1C(C(C)(C)C)CCN1Cc1ccccc1. The smallest absolute Gasteiger partial charge is 0.170 e. The Balaban J connectivity index is 2.08. The molecule has 0 aromatic heterocycles. The third-order valence-corrected chi connectivity index (χ3v) is 5.46. The Morgan fingerprint density at radius 3 is 2.43 bits per heavy atom. The zero-order chi connectivity index (χ0) is 15.5. The summed E-state index contributed by atoms with van der Waals surface area (Å²) in [7, 11) is -0.947. The van der Waals surface area contributed by atoms with Crippen LogP contribution < -0.4 is 0 Å². The summed E-state index contributed by atoms with van der Waals surface area (Å²) >= 11 is 0. The molecule has 1 aliphatic heterocycles. The van der Waals surface area contributed by atoms with Gasteiger partial charge >= 0.3 is 0 Å². The van der Waals surface area contributed by atoms with Gasteiger partial charge in [0.25, 0.3) is 0 Å². The minimum absolute atomic E-state index is 0.359. The molecular formula is C18H31NOSi. The molecular weight excluding hydrogens is 274 g/mol. The first-order chi connectivity index (χ1) is 9.88. The van der Waals surface area contributed by atoms with E-state index in [1.54, 1.807) is 0 Å². The number of hydrogen-bond donors (Lipinski definition) is 0. The molecule has 21 heavy (non-hydrogen) atoms. The highest BCUT2D eigenvalue weighted by molar-refractivity contribution is 6.48. The van der Waals surface area contributed by atoms with Crippen LogP contribution in [0.25, 0.3) is 0 Å². The molecule has 0 amide bonds. The third kappa shape index (κ3) is 4.66. The Hall–Kier alpha value is -0.643. The van der Waals surface area contributed by atoms with Crippen LogP contribution in [0.4, 0.5) is 0 Å². The second-order valence-electron chi connectivity index (χ2n) is 7.67. The summed E-state index contributed by atoms with van der Waals surface area (Å²) in [5, 5.41) is 0. The van der Waals surface area contributed by atoms with Crippen LogP contribution in [0.15, 0.2) is 30.3 Å². The van der Waals surface area contributed by atoms with Gasteiger partial charge in [0, 0.05) is 19.2 Å². The van der Waals surface area contributed by atoms with Crippen molar-refractivity contribution in [2.75, 3.05) is 13.2 Å². The van der Waals surface area contributed by atoms with E-state index < -0.39 is 9.04 Å². The second kappa shape index (κ2) is 7.08. The van der Waals surface area contributed by atoms with Gasteiger partial charge in [-0.15, -0.1) is 0 Å². The van der Waals surface area contributed by atoms with E-state index in [2.05, 4.69) is 69.1 Å². The molecule has 1 aromatic carbocycles. The van der Waals surface area contributed by atoms with Gasteiger partial charge in [0.1, 0.15) is 0 Å². The van der Waals surface area contributed by atoms with Crippen molar-refractivity contribution in [1.82, 2.24) is 4.90 Å². The third-order valence-electron chi connectivity index (χ3n) is 4.60. The van der Waals surface area contributed by atoms with Crippen LogP contribution in [0, 0.1) is 11.3 Å². The molecule has 2 unspecified atom stereocenters. The summed E-state index contributed by atoms with van der Waals surface area (Å²) in [6.45, 7) is 14.8. The molecule has 2 atom stereocenters. The van der Waals surface area contributed by atoms with Gasteiger partial charge in [0.2, 0.25) is 0 Å². The quantitative estimate of drug-likeness (QED) is 0.764. The lowest BCUT2D eigenvalue weighted by Crippen LogP contribution is -2.41. The Morgan fingerprint density at radius 1 is 1.19 bits per heavy atom. The number of benzene rings is 1. The molecule has 0 bridgehead atoms. The first-order valence-electron chi connectivity index (χ1n) is 8.27. The first-order valence-corrected chi connectivity index (χ1v) is 11.1. The zero-order valence-corrected chi connectivity index (χ0v) is 15.5. The van der Waals surface area contributed by atoms with Crippen molar-refractivity contribution >= 4 is 9.04 Å². The van der Waals surface area contributed by atoms with Crippen molar-refractivity contribution in [3.05, 3.63) is 35.9 Å². The molecule has 2 rings (SSSR count). The first kappa shape index (κ1) is 16.7. The van der Waals surface area contributed by atoms with E-state index in [1.807, 2.05) is 0 Å². The summed E-state index contributed by atoms with van der Waals surface area (Å²) in [4.78, 5) is 2.64. The summed E-state index contributed by atoms with van der Waals surface area (Å²) in [6, 6.07) is 11.4. The van der Waals surface area contributed by atoms with E-state index in [-0.39, 0.29) is 0 Å². The number of rotatable bonds is 5. The van der Waals surface area contributed by atoms with E-state index in [1.165, 1.54) is 18.5 Å². The Morgan fingerprint density at radius 2 is 1.86 bits per heavy atom. The minimum Gasteiger partial charge on any atom is -0.419 e. The molecule has 0 N–H and O–H groups in total. The normalized spacial score (nSPS) is 23.9. The van der Waals surface area contributed by atoms with Crippen molar-refractivity contribution in [2.45, 2.75) is 52.9 Å². The fourth-order valence-corrected chi connectivity index (χ4v) is 4.04. The monoisotopic (exact) mass is 305 g/mol. The van der Waals surface area contributed by atoms with Crippen LogP contribution in [0.3, 0.4) is 0 Å². The average molecular weight is 306 g/mol. The molecule has 1 aromatic rings. The van der Waals surface area contributed by atoms with Crippen LogP contribution in [0.5, 0.6) is 0 Å². The van der Waals surface area contributed by atoms with Crippen molar-refractivity contribution in [1.29, 1.82) is 0 Å². The van der Waals surface area contributed by atoms with E-state index in [0.717, 1.165) is 19.1 Å². The highest BCUT2D eigenvalue weighted by atomic mass is 28.3. The predicted molar refractivity (Wildman–Crippen MR) is 93.0 cm³/mol. The van der Waals surface area contributed by atoms with Crippen LogP contribution in [-0.2, 0) is 11.0 Å². The fraction of sp³-hybridized carbons (Fsp3) is 0.667. The number of nitrogens with zero attached hydrogens (tertiary/aromatic N) is 1. The van der Waals surface area contributed by atoms with E-state index in [9.17, 15) is 0 Å².